The summed E-state index contributed by atoms with van der Waals surface area (Å²) in [7, 11) is 0. The van der Waals surface area contributed by atoms with Gasteiger partial charge in [0.15, 0.2) is 0 Å². The monoisotopic (exact) mass is 290 g/mol. The van der Waals surface area contributed by atoms with Crippen LogP contribution in [0.4, 0.5) is 0 Å². The molecule has 2 aromatic heterocycles. The van der Waals surface area contributed by atoms with Crippen LogP contribution in [0.15, 0.2) is 11.4 Å². The molecule has 0 radical (unpaired) electrons. The van der Waals surface area contributed by atoms with Crippen molar-refractivity contribution in [3.05, 3.63) is 39.1 Å². The Bertz CT molecular complexity index is 565. The second-order valence-electron chi connectivity index (χ2n) is 4.91. The fourth-order valence-electron chi connectivity index (χ4n) is 2.36. The minimum absolute atomic E-state index is 0.255. The summed E-state index contributed by atoms with van der Waals surface area (Å²) in [6.07, 6.45) is 1.80. The Balaban J connectivity index is 2.30. The van der Waals surface area contributed by atoms with Gasteiger partial charge in [-0.05, 0) is 38.4 Å². The summed E-state index contributed by atoms with van der Waals surface area (Å²) < 4.78 is 0. The maximum atomic E-state index is 4.58. The Kier molecular flexibility index (Phi) is 5.20. The molecular weight excluding hydrogens is 268 g/mol. The molecule has 0 saturated heterocycles. The van der Waals surface area contributed by atoms with Crippen molar-refractivity contribution in [1.82, 2.24) is 20.5 Å². The Morgan fingerprint density at radius 3 is 2.65 bits per heavy atom. The molecule has 5 heteroatoms. The smallest absolute Gasteiger partial charge is 0.0897 e. The average molecular weight is 290 g/mol. The number of aryl methyl sites for hydroxylation is 3. The van der Waals surface area contributed by atoms with E-state index in [2.05, 4.69) is 45.8 Å². The molecule has 1 N–H and O–H groups in total. The zero-order chi connectivity index (χ0) is 14.5. The highest BCUT2D eigenvalue weighted by Crippen LogP contribution is 2.22. The first-order chi connectivity index (χ1) is 9.63. The summed E-state index contributed by atoms with van der Waals surface area (Å²) in [5.74, 6) is 0. The molecule has 0 spiro atoms. The van der Waals surface area contributed by atoms with Crippen molar-refractivity contribution in [1.29, 1.82) is 0 Å². The van der Waals surface area contributed by atoms with Crippen molar-refractivity contribution in [2.75, 3.05) is 6.54 Å². The van der Waals surface area contributed by atoms with Gasteiger partial charge in [-0.3, -0.25) is 0 Å². The van der Waals surface area contributed by atoms with E-state index in [-0.39, 0.29) is 6.04 Å². The van der Waals surface area contributed by atoms with E-state index in [1.165, 1.54) is 5.56 Å². The molecule has 0 aliphatic heterocycles. The molecule has 0 bridgehead atoms. The maximum Gasteiger partial charge on any atom is 0.0897 e. The van der Waals surface area contributed by atoms with E-state index >= 15 is 0 Å². The highest BCUT2D eigenvalue weighted by Gasteiger charge is 2.17. The fourth-order valence-corrected chi connectivity index (χ4v) is 2.99. The van der Waals surface area contributed by atoms with Crippen molar-refractivity contribution in [3.8, 4) is 0 Å². The number of likely N-dealkylation sites (N-methyl/N-ethyl adjacent to an activating group) is 1. The van der Waals surface area contributed by atoms with E-state index in [1.54, 1.807) is 11.3 Å². The van der Waals surface area contributed by atoms with Crippen LogP contribution < -0.4 is 5.32 Å². The number of thiazole rings is 1. The van der Waals surface area contributed by atoms with Gasteiger partial charge >= 0.3 is 0 Å². The van der Waals surface area contributed by atoms with E-state index in [1.807, 2.05) is 13.8 Å². The Labute approximate surface area is 124 Å². The van der Waals surface area contributed by atoms with E-state index in [9.17, 15) is 0 Å². The lowest BCUT2D eigenvalue weighted by atomic mass is 9.99. The topological polar surface area (TPSA) is 50.7 Å². The lowest BCUT2D eigenvalue weighted by Gasteiger charge is -2.19. The number of hydrogen-bond donors (Lipinski definition) is 1. The maximum absolute atomic E-state index is 4.58. The highest BCUT2D eigenvalue weighted by molar-refractivity contribution is 7.09. The number of hydrogen-bond acceptors (Lipinski definition) is 5. The lowest BCUT2D eigenvalue weighted by molar-refractivity contribution is 0.535. The van der Waals surface area contributed by atoms with Gasteiger partial charge in [-0.1, -0.05) is 13.8 Å². The van der Waals surface area contributed by atoms with Gasteiger partial charge in [-0.15, -0.1) is 11.3 Å². The predicted octanol–water partition coefficient (Wildman–Crippen LogP) is 3.01. The van der Waals surface area contributed by atoms with Crippen LogP contribution in [0.1, 0.15) is 47.5 Å². The molecule has 1 atom stereocenters. The van der Waals surface area contributed by atoms with Gasteiger partial charge in [0.2, 0.25) is 0 Å². The van der Waals surface area contributed by atoms with Crippen LogP contribution in [0.2, 0.25) is 0 Å². The summed E-state index contributed by atoms with van der Waals surface area (Å²) in [5.41, 5.74) is 4.45. The first kappa shape index (κ1) is 15.1. The third-order valence-electron chi connectivity index (χ3n) is 3.27. The molecule has 2 rings (SSSR count). The summed E-state index contributed by atoms with van der Waals surface area (Å²) in [4.78, 5) is 4.58. The lowest BCUT2D eigenvalue weighted by Crippen LogP contribution is -2.25. The van der Waals surface area contributed by atoms with Crippen LogP contribution in [0.25, 0.3) is 0 Å². The van der Waals surface area contributed by atoms with Crippen molar-refractivity contribution >= 4 is 11.3 Å². The van der Waals surface area contributed by atoms with Crippen LogP contribution in [-0.2, 0) is 12.8 Å². The number of aromatic nitrogens is 3. The predicted molar refractivity (Wildman–Crippen MR) is 83.1 cm³/mol. The Hall–Kier alpha value is -1.33. The normalized spacial score (nSPS) is 12.6. The van der Waals surface area contributed by atoms with Gasteiger partial charge in [0.1, 0.15) is 0 Å². The number of nitrogens with one attached hydrogen (secondary N) is 1. The summed E-state index contributed by atoms with van der Waals surface area (Å²) >= 11 is 1.71. The summed E-state index contributed by atoms with van der Waals surface area (Å²) in [5, 5.41) is 15.3. The van der Waals surface area contributed by atoms with E-state index in [0.717, 1.165) is 41.5 Å². The van der Waals surface area contributed by atoms with Crippen molar-refractivity contribution < 1.29 is 0 Å². The van der Waals surface area contributed by atoms with Crippen molar-refractivity contribution in [2.24, 2.45) is 0 Å². The average Bonchev–Trinajstić information content (AvgIpc) is 2.84. The van der Waals surface area contributed by atoms with Gasteiger partial charge in [0.05, 0.1) is 22.1 Å². The van der Waals surface area contributed by atoms with Gasteiger partial charge in [0.25, 0.3) is 0 Å². The molecule has 0 fully saturated rings. The second-order valence-corrected chi connectivity index (χ2v) is 5.98. The summed E-state index contributed by atoms with van der Waals surface area (Å²) in [6.45, 7) is 9.22. The summed E-state index contributed by atoms with van der Waals surface area (Å²) in [6, 6.07) is 2.41. The van der Waals surface area contributed by atoms with Crippen LogP contribution >= 0.6 is 11.3 Å². The van der Waals surface area contributed by atoms with E-state index in [4.69, 9.17) is 0 Å². The molecule has 0 aliphatic rings. The quantitative estimate of drug-likeness (QED) is 0.888. The molecule has 0 saturated carbocycles. The first-order valence-electron chi connectivity index (χ1n) is 7.11. The molecule has 0 aliphatic carbocycles. The van der Waals surface area contributed by atoms with E-state index < -0.39 is 0 Å². The molecular formula is C15H22N4S. The standard InChI is InChI=1S/C15H22N4S/c1-5-14-13(7-10(3)18-19-14)15(16-6-2)8-12-9-20-11(4)17-12/h7,9,15-16H,5-6,8H2,1-4H3. The molecule has 0 aromatic carbocycles. The minimum Gasteiger partial charge on any atom is -0.310 e. The van der Waals surface area contributed by atoms with Crippen LogP contribution in [0.5, 0.6) is 0 Å². The first-order valence-corrected chi connectivity index (χ1v) is 7.99. The number of nitrogens with zero attached hydrogens (tertiary/aromatic N) is 3. The van der Waals surface area contributed by atoms with Crippen LogP contribution in [-0.4, -0.2) is 21.7 Å². The van der Waals surface area contributed by atoms with Gasteiger partial charge in [-0.25, -0.2) is 4.98 Å². The third-order valence-corrected chi connectivity index (χ3v) is 4.09. The van der Waals surface area contributed by atoms with Crippen LogP contribution in [0, 0.1) is 13.8 Å². The zero-order valence-electron chi connectivity index (χ0n) is 12.6. The number of rotatable bonds is 6. The highest BCUT2D eigenvalue weighted by atomic mass is 32.1. The third kappa shape index (κ3) is 3.61. The molecule has 1 unspecified atom stereocenters. The zero-order valence-corrected chi connectivity index (χ0v) is 13.4. The SMILES string of the molecule is CCNC(Cc1csc(C)n1)c1cc(C)nnc1CC. The fraction of sp³-hybridized carbons (Fsp3) is 0.533. The second kappa shape index (κ2) is 6.90. The molecule has 2 aromatic rings. The van der Waals surface area contributed by atoms with Gasteiger partial charge < -0.3 is 5.32 Å². The molecule has 0 amide bonds. The molecule has 20 heavy (non-hydrogen) atoms. The van der Waals surface area contributed by atoms with Gasteiger partial charge in [-0.2, -0.15) is 10.2 Å². The largest absolute Gasteiger partial charge is 0.310 e. The minimum atomic E-state index is 0.255. The molecule has 4 nitrogen and oxygen atoms in total. The molecule has 108 valence electrons. The van der Waals surface area contributed by atoms with Crippen molar-refractivity contribution in [2.45, 2.75) is 46.6 Å². The Morgan fingerprint density at radius 2 is 2.05 bits per heavy atom. The van der Waals surface area contributed by atoms with Crippen LogP contribution in [0.3, 0.4) is 0 Å². The van der Waals surface area contributed by atoms with Gasteiger partial charge in [0, 0.05) is 17.8 Å². The Morgan fingerprint density at radius 1 is 1.25 bits per heavy atom. The molecule has 2 heterocycles. The van der Waals surface area contributed by atoms with Crippen molar-refractivity contribution in [3.63, 3.8) is 0 Å². The van der Waals surface area contributed by atoms with E-state index in [0.29, 0.717) is 0 Å².